The summed E-state index contributed by atoms with van der Waals surface area (Å²) in [5.41, 5.74) is -0.534. The van der Waals surface area contributed by atoms with E-state index in [-0.39, 0.29) is 20.8 Å². The summed E-state index contributed by atoms with van der Waals surface area (Å²) in [5.74, 6) is -15.9. The standard InChI is InChI=1S/C30H19F6NS2/c1-16-7-6-10-20(13-16)27-37-22(15-38-27)25-26(29(33,34)30(35,36)28(25,31)32)24-17(2)39-23-14-19(11-12-21(23)24)18-8-4-3-5-9-18/h3-15H,1-2H3. The Bertz CT molecular complexity index is 1760. The molecule has 0 spiro atoms. The largest absolute Gasteiger partial charge is 0.380 e. The highest BCUT2D eigenvalue weighted by atomic mass is 32.1. The van der Waals surface area contributed by atoms with Crippen LogP contribution in [0.1, 0.15) is 21.7 Å². The first-order valence-electron chi connectivity index (χ1n) is 11.9. The van der Waals surface area contributed by atoms with Crippen LogP contribution in [0, 0.1) is 13.8 Å². The van der Waals surface area contributed by atoms with Gasteiger partial charge < -0.3 is 0 Å². The Morgan fingerprint density at radius 1 is 0.692 bits per heavy atom. The lowest BCUT2D eigenvalue weighted by Crippen LogP contribution is -2.48. The summed E-state index contributed by atoms with van der Waals surface area (Å²) in [6.07, 6.45) is 0. The van der Waals surface area contributed by atoms with Gasteiger partial charge in [0.25, 0.3) is 0 Å². The zero-order valence-corrected chi connectivity index (χ0v) is 22.2. The Labute approximate surface area is 228 Å². The molecule has 0 fully saturated rings. The number of allylic oxidation sites excluding steroid dienone is 2. The Balaban J connectivity index is 1.60. The number of hydrogen-bond acceptors (Lipinski definition) is 3. The summed E-state index contributed by atoms with van der Waals surface area (Å²) in [6.45, 7) is 3.31. The van der Waals surface area contributed by atoms with Crippen LogP contribution in [0.4, 0.5) is 26.3 Å². The van der Waals surface area contributed by atoms with Gasteiger partial charge in [-0.3, -0.25) is 0 Å². The Kier molecular flexibility index (Phi) is 5.82. The van der Waals surface area contributed by atoms with Crippen molar-refractivity contribution in [2.24, 2.45) is 0 Å². The molecule has 0 unspecified atom stereocenters. The third kappa shape index (κ3) is 3.77. The van der Waals surface area contributed by atoms with E-state index in [1.165, 1.54) is 13.0 Å². The Morgan fingerprint density at radius 2 is 1.38 bits per heavy atom. The fourth-order valence-corrected chi connectivity index (χ4v) is 6.95. The van der Waals surface area contributed by atoms with Gasteiger partial charge in [-0.25, -0.2) is 4.98 Å². The minimum absolute atomic E-state index is 0.215. The van der Waals surface area contributed by atoms with Crippen LogP contribution < -0.4 is 0 Å². The second-order valence-corrected chi connectivity index (χ2v) is 11.6. The number of thiophene rings is 1. The van der Waals surface area contributed by atoms with Crippen molar-refractivity contribution in [1.29, 1.82) is 0 Å². The number of thiazole rings is 1. The summed E-state index contributed by atoms with van der Waals surface area (Å²) >= 11 is 2.04. The third-order valence-electron chi connectivity index (χ3n) is 6.92. The quantitative estimate of drug-likeness (QED) is 0.196. The van der Waals surface area contributed by atoms with E-state index < -0.39 is 34.6 Å². The van der Waals surface area contributed by atoms with Crippen LogP contribution in [-0.2, 0) is 0 Å². The fraction of sp³-hybridized carbons (Fsp3) is 0.167. The molecule has 2 heterocycles. The molecule has 1 aliphatic carbocycles. The molecule has 0 atom stereocenters. The van der Waals surface area contributed by atoms with Crippen LogP contribution in [0.2, 0.25) is 0 Å². The maximum Gasteiger partial charge on any atom is 0.380 e. The predicted molar refractivity (Wildman–Crippen MR) is 146 cm³/mol. The van der Waals surface area contributed by atoms with Crippen LogP contribution in [-0.4, -0.2) is 22.8 Å². The molecule has 6 rings (SSSR count). The molecule has 2 aromatic heterocycles. The van der Waals surface area contributed by atoms with E-state index in [4.69, 9.17) is 0 Å². The van der Waals surface area contributed by atoms with E-state index in [9.17, 15) is 8.78 Å². The average Bonchev–Trinajstić information content (AvgIpc) is 3.53. The van der Waals surface area contributed by atoms with Gasteiger partial charge in [0.15, 0.2) is 0 Å². The minimum atomic E-state index is -5.64. The van der Waals surface area contributed by atoms with Gasteiger partial charge in [0.05, 0.1) is 11.3 Å². The number of benzene rings is 3. The van der Waals surface area contributed by atoms with Gasteiger partial charge in [-0.1, -0.05) is 66.2 Å². The lowest BCUT2D eigenvalue weighted by atomic mass is 9.94. The van der Waals surface area contributed by atoms with Gasteiger partial charge in [0, 0.05) is 37.0 Å². The Morgan fingerprint density at radius 3 is 2.10 bits per heavy atom. The second kappa shape index (κ2) is 8.79. The third-order valence-corrected chi connectivity index (χ3v) is 8.87. The molecule has 0 aliphatic heterocycles. The maximum absolute atomic E-state index is 15.5. The topological polar surface area (TPSA) is 12.9 Å². The van der Waals surface area contributed by atoms with Crippen molar-refractivity contribution in [1.82, 2.24) is 4.98 Å². The second-order valence-electron chi connectivity index (χ2n) is 9.49. The van der Waals surface area contributed by atoms with Crippen LogP contribution in [0.25, 0.3) is 42.9 Å². The van der Waals surface area contributed by atoms with Crippen LogP contribution >= 0.6 is 22.7 Å². The zero-order valence-electron chi connectivity index (χ0n) is 20.5. The summed E-state index contributed by atoms with van der Waals surface area (Å²) in [6, 6.07) is 21.3. The van der Waals surface area contributed by atoms with Crippen molar-refractivity contribution in [3.05, 3.63) is 99.9 Å². The summed E-state index contributed by atoms with van der Waals surface area (Å²) in [7, 11) is 0. The van der Waals surface area contributed by atoms with Gasteiger partial charge in [-0.15, -0.1) is 22.7 Å². The van der Waals surface area contributed by atoms with Crippen molar-refractivity contribution in [3.8, 4) is 21.7 Å². The first-order chi connectivity index (χ1) is 18.4. The van der Waals surface area contributed by atoms with Crippen molar-refractivity contribution in [2.75, 3.05) is 0 Å². The molecule has 0 radical (unpaired) electrons. The van der Waals surface area contributed by atoms with Gasteiger partial charge in [0.2, 0.25) is 0 Å². The molecule has 0 bridgehead atoms. The summed E-state index contributed by atoms with van der Waals surface area (Å²) in [4.78, 5) is 4.41. The van der Waals surface area contributed by atoms with Crippen LogP contribution in [0.15, 0.2) is 78.2 Å². The average molecular weight is 572 g/mol. The maximum atomic E-state index is 15.5. The number of alkyl halides is 6. The van der Waals surface area contributed by atoms with Crippen LogP contribution in [0.3, 0.4) is 0 Å². The monoisotopic (exact) mass is 571 g/mol. The summed E-state index contributed by atoms with van der Waals surface area (Å²) < 4.78 is 92.1. The molecule has 198 valence electrons. The number of rotatable bonds is 4. The van der Waals surface area contributed by atoms with Crippen molar-refractivity contribution < 1.29 is 26.3 Å². The van der Waals surface area contributed by atoms with Crippen molar-refractivity contribution in [3.63, 3.8) is 0 Å². The van der Waals surface area contributed by atoms with E-state index in [1.54, 1.807) is 30.3 Å². The highest BCUT2D eigenvalue weighted by molar-refractivity contribution is 7.19. The molecule has 0 saturated heterocycles. The molecule has 1 aliphatic rings. The lowest BCUT2D eigenvalue weighted by Gasteiger charge is -2.25. The molecule has 39 heavy (non-hydrogen) atoms. The molecule has 0 N–H and O–H groups in total. The number of hydrogen-bond donors (Lipinski definition) is 0. The van der Waals surface area contributed by atoms with E-state index in [0.29, 0.717) is 10.3 Å². The van der Waals surface area contributed by atoms with Gasteiger partial charge in [-0.2, -0.15) is 26.3 Å². The SMILES string of the molecule is Cc1cccc(-c2nc(C3=C(c4c(C)sc5cc(-c6ccccc6)ccc45)C(F)(F)C(F)(F)C3(F)F)cs2)c1. The van der Waals surface area contributed by atoms with E-state index in [0.717, 1.165) is 44.7 Å². The number of aromatic nitrogens is 1. The van der Waals surface area contributed by atoms with Gasteiger partial charge in [0.1, 0.15) is 5.01 Å². The fourth-order valence-electron chi connectivity index (χ4n) is 5.04. The number of nitrogens with zero attached hydrogens (tertiary/aromatic N) is 1. The highest BCUT2D eigenvalue weighted by Crippen LogP contribution is 2.66. The molecule has 3 aromatic carbocycles. The normalized spacial score (nSPS) is 17.7. The predicted octanol–water partition coefficient (Wildman–Crippen LogP) is 10.1. The Hall–Kier alpha value is -3.43. The number of aryl methyl sites for hydroxylation is 2. The smallest absolute Gasteiger partial charge is 0.236 e. The molecule has 5 aromatic rings. The van der Waals surface area contributed by atoms with Crippen molar-refractivity contribution in [2.45, 2.75) is 31.6 Å². The van der Waals surface area contributed by atoms with E-state index in [1.807, 2.05) is 43.3 Å². The highest BCUT2D eigenvalue weighted by Gasteiger charge is 2.80. The molecular weight excluding hydrogens is 552 g/mol. The van der Waals surface area contributed by atoms with E-state index >= 15 is 17.6 Å². The molecule has 0 saturated carbocycles. The lowest BCUT2D eigenvalue weighted by molar-refractivity contribution is -0.254. The molecular formula is C30H19F6NS2. The zero-order chi connectivity index (χ0) is 27.7. The number of fused-ring (bicyclic) bond motifs is 1. The molecule has 1 nitrogen and oxygen atoms in total. The van der Waals surface area contributed by atoms with Crippen LogP contribution in [0.5, 0.6) is 0 Å². The summed E-state index contributed by atoms with van der Waals surface area (Å²) in [5, 5.41) is 1.64. The first-order valence-corrected chi connectivity index (χ1v) is 13.6. The van der Waals surface area contributed by atoms with E-state index in [2.05, 4.69) is 4.98 Å². The number of halogens is 6. The molecule has 0 amide bonds. The van der Waals surface area contributed by atoms with Crippen molar-refractivity contribution >= 4 is 43.9 Å². The first kappa shape index (κ1) is 25.8. The van der Waals surface area contributed by atoms with Gasteiger partial charge >= 0.3 is 17.8 Å². The molecule has 9 heteroatoms. The van der Waals surface area contributed by atoms with Gasteiger partial charge in [-0.05, 0) is 37.1 Å². The minimum Gasteiger partial charge on any atom is -0.236 e.